The largest absolute Gasteiger partial charge is 0.354 e. The van der Waals surface area contributed by atoms with Crippen molar-refractivity contribution in [3.8, 4) is 0 Å². The third-order valence-electron chi connectivity index (χ3n) is 3.57. The highest BCUT2D eigenvalue weighted by Crippen LogP contribution is 2.05. The molecule has 5 nitrogen and oxygen atoms in total. The Kier molecular flexibility index (Phi) is 10.6. The number of carbonyl (C=O) groups excluding carboxylic acids is 1. The summed E-state index contributed by atoms with van der Waals surface area (Å²) in [5, 5.41) is 9.44. The van der Waals surface area contributed by atoms with Crippen LogP contribution < -0.4 is 16.0 Å². The number of benzene rings is 1. The fraction of sp³-hybridized carbons (Fsp3) is 0.529. The van der Waals surface area contributed by atoms with Gasteiger partial charge in [0.2, 0.25) is 0 Å². The van der Waals surface area contributed by atoms with Gasteiger partial charge in [-0.05, 0) is 37.5 Å². The van der Waals surface area contributed by atoms with E-state index >= 15 is 0 Å². The molecule has 130 valence electrons. The minimum atomic E-state index is -0.0414. The summed E-state index contributed by atoms with van der Waals surface area (Å²) < 4.78 is 0. The van der Waals surface area contributed by atoms with Gasteiger partial charge in [-0.2, -0.15) is 0 Å². The zero-order chi connectivity index (χ0) is 16.5. The number of carbonyl (C=O) groups is 1. The summed E-state index contributed by atoms with van der Waals surface area (Å²) in [5.41, 5.74) is 1.73. The third kappa shape index (κ3) is 7.67. The van der Waals surface area contributed by atoms with Crippen LogP contribution in [0.4, 0.5) is 0 Å². The molecule has 1 rings (SSSR count). The van der Waals surface area contributed by atoms with Gasteiger partial charge < -0.3 is 16.0 Å². The number of amides is 1. The zero-order valence-corrected chi connectivity index (χ0v) is 17.0. The van der Waals surface area contributed by atoms with Crippen LogP contribution in [0.1, 0.15) is 43.6 Å². The van der Waals surface area contributed by atoms with E-state index in [1.807, 2.05) is 31.2 Å². The number of halogens is 1. The first-order valence-electron chi connectivity index (χ1n) is 7.82. The van der Waals surface area contributed by atoms with Crippen molar-refractivity contribution in [2.75, 3.05) is 13.6 Å². The van der Waals surface area contributed by atoms with E-state index < -0.39 is 0 Å². The number of nitrogens with zero attached hydrogens (tertiary/aromatic N) is 1. The van der Waals surface area contributed by atoms with Crippen molar-refractivity contribution in [2.24, 2.45) is 10.9 Å². The van der Waals surface area contributed by atoms with E-state index in [0.29, 0.717) is 30.6 Å². The molecule has 0 heterocycles. The molecule has 0 aliphatic rings. The van der Waals surface area contributed by atoms with Crippen LogP contribution in [-0.4, -0.2) is 31.5 Å². The lowest BCUT2D eigenvalue weighted by Gasteiger charge is -2.20. The van der Waals surface area contributed by atoms with Gasteiger partial charge in [-0.15, -0.1) is 24.0 Å². The van der Waals surface area contributed by atoms with E-state index in [1.54, 1.807) is 7.05 Å². The summed E-state index contributed by atoms with van der Waals surface area (Å²) in [6.45, 7) is 9.63. The number of nitrogens with one attached hydrogen (secondary N) is 3. The van der Waals surface area contributed by atoms with E-state index in [1.165, 1.54) is 0 Å². The smallest absolute Gasteiger partial charge is 0.251 e. The summed E-state index contributed by atoms with van der Waals surface area (Å²) in [7, 11) is 1.76. The van der Waals surface area contributed by atoms with Crippen molar-refractivity contribution in [2.45, 2.75) is 40.3 Å². The van der Waals surface area contributed by atoms with E-state index in [0.717, 1.165) is 11.5 Å². The Balaban J connectivity index is 0.00000484. The Hall–Kier alpha value is -1.31. The van der Waals surface area contributed by atoms with Crippen LogP contribution in [0, 0.1) is 5.92 Å². The Bertz CT molecular complexity index is 517. The third-order valence-corrected chi connectivity index (χ3v) is 3.57. The van der Waals surface area contributed by atoms with Gasteiger partial charge in [0.25, 0.3) is 5.91 Å². The molecule has 0 aromatic heterocycles. The second-order valence-corrected chi connectivity index (χ2v) is 5.66. The fourth-order valence-corrected chi connectivity index (χ4v) is 1.85. The molecule has 1 aromatic rings. The highest BCUT2D eigenvalue weighted by molar-refractivity contribution is 14.0. The second kappa shape index (κ2) is 11.3. The van der Waals surface area contributed by atoms with E-state index in [9.17, 15) is 4.79 Å². The van der Waals surface area contributed by atoms with Crippen molar-refractivity contribution in [1.29, 1.82) is 0 Å². The molecule has 0 spiro atoms. The molecule has 0 aliphatic heterocycles. The average molecular weight is 432 g/mol. The molecule has 0 saturated carbocycles. The predicted molar refractivity (Wildman–Crippen MR) is 107 cm³/mol. The topological polar surface area (TPSA) is 65.5 Å². The molecular formula is C17H29IN4O. The van der Waals surface area contributed by atoms with Gasteiger partial charge in [-0.25, -0.2) is 0 Å². The maximum atomic E-state index is 11.8. The first-order valence-corrected chi connectivity index (χ1v) is 7.82. The SMILES string of the molecule is CCNC(=O)c1cccc(CNC(=NC)NC(C)C(C)C)c1.I. The van der Waals surface area contributed by atoms with Crippen molar-refractivity contribution < 1.29 is 4.79 Å². The minimum Gasteiger partial charge on any atom is -0.354 e. The van der Waals surface area contributed by atoms with E-state index in [-0.39, 0.29) is 29.9 Å². The second-order valence-electron chi connectivity index (χ2n) is 5.66. The number of rotatable bonds is 6. The molecule has 0 fully saturated rings. The number of hydrogen-bond donors (Lipinski definition) is 3. The lowest BCUT2D eigenvalue weighted by molar-refractivity contribution is 0.0955. The normalized spacial score (nSPS) is 12.3. The molecular weight excluding hydrogens is 403 g/mol. The number of hydrogen-bond acceptors (Lipinski definition) is 2. The molecule has 23 heavy (non-hydrogen) atoms. The standard InChI is InChI=1S/C17H28N4O.HI/c1-6-19-16(22)15-9-7-8-14(10-15)11-20-17(18-5)21-13(4)12(2)3;/h7-10,12-13H,6,11H2,1-5H3,(H,19,22)(H2,18,20,21);1H. The first-order chi connectivity index (χ1) is 10.5. The Morgan fingerprint density at radius 3 is 2.48 bits per heavy atom. The van der Waals surface area contributed by atoms with Crippen LogP contribution in [-0.2, 0) is 6.54 Å². The van der Waals surface area contributed by atoms with E-state index in [4.69, 9.17) is 0 Å². The van der Waals surface area contributed by atoms with Gasteiger partial charge in [0, 0.05) is 31.7 Å². The molecule has 0 aliphatic carbocycles. The highest BCUT2D eigenvalue weighted by Gasteiger charge is 2.09. The maximum absolute atomic E-state index is 11.8. The lowest BCUT2D eigenvalue weighted by Crippen LogP contribution is -2.43. The van der Waals surface area contributed by atoms with E-state index in [2.05, 4.69) is 41.7 Å². The lowest BCUT2D eigenvalue weighted by atomic mass is 10.1. The average Bonchev–Trinajstić information content (AvgIpc) is 2.51. The molecule has 1 amide bonds. The van der Waals surface area contributed by atoms with Gasteiger partial charge >= 0.3 is 0 Å². The monoisotopic (exact) mass is 432 g/mol. The Morgan fingerprint density at radius 1 is 1.22 bits per heavy atom. The summed E-state index contributed by atoms with van der Waals surface area (Å²) in [6.07, 6.45) is 0. The molecule has 1 atom stereocenters. The predicted octanol–water partition coefficient (Wildman–Crippen LogP) is 2.76. The summed E-state index contributed by atoms with van der Waals surface area (Å²) >= 11 is 0. The van der Waals surface area contributed by atoms with Gasteiger partial charge in [0.05, 0.1) is 0 Å². The summed E-state index contributed by atoms with van der Waals surface area (Å²) in [6, 6.07) is 7.95. The van der Waals surface area contributed by atoms with Gasteiger partial charge in [0.1, 0.15) is 0 Å². The minimum absolute atomic E-state index is 0. The first kappa shape index (κ1) is 21.7. The fourth-order valence-electron chi connectivity index (χ4n) is 1.85. The van der Waals surface area contributed by atoms with Crippen molar-refractivity contribution in [1.82, 2.24) is 16.0 Å². The van der Waals surface area contributed by atoms with Crippen LogP contribution in [0.15, 0.2) is 29.3 Å². The maximum Gasteiger partial charge on any atom is 0.251 e. The Morgan fingerprint density at radius 2 is 1.91 bits per heavy atom. The van der Waals surface area contributed by atoms with Crippen LogP contribution >= 0.6 is 24.0 Å². The summed E-state index contributed by atoms with van der Waals surface area (Å²) in [4.78, 5) is 16.1. The highest BCUT2D eigenvalue weighted by atomic mass is 127. The molecule has 0 bridgehead atoms. The number of guanidine groups is 1. The van der Waals surface area contributed by atoms with Crippen LogP contribution in [0.2, 0.25) is 0 Å². The van der Waals surface area contributed by atoms with Crippen LogP contribution in [0.5, 0.6) is 0 Å². The molecule has 1 aromatic carbocycles. The van der Waals surface area contributed by atoms with Crippen molar-refractivity contribution in [3.63, 3.8) is 0 Å². The summed E-state index contributed by atoms with van der Waals surface area (Å²) in [5.74, 6) is 1.25. The van der Waals surface area contributed by atoms with Crippen molar-refractivity contribution in [3.05, 3.63) is 35.4 Å². The van der Waals surface area contributed by atoms with Gasteiger partial charge in [-0.3, -0.25) is 9.79 Å². The Labute approximate surface area is 156 Å². The molecule has 6 heteroatoms. The molecule has 1 unspecified atom stereocenters. The number of aliphatic imine (C=N–C) groups is 1. The molecule has 3 N–H and O–H groups in total. The quantitative estimate of drug-likeness (QED) is 0.368. The molecule has 0 radical (unpaired) electrons. The zero-order valence-electron chi connectivity index (χ0n) is 14.6. The molecule has 0 saturated heterocycles. The van der Waals surface area contributed by atoms with Crippen LogP contribution in [0.25, 0.3) is 0 Å². The van der Waals surface area contributed by atoms with Gasteiger partial charge in [-0.1, -0.05) is 26.0 Å². The van der Waals surface area contributed by atoms with Crippen molar-refractivity contribution >= 4 is 35.8 Å². The van der Waals surface area contributed by atoms with Gasteiger partial charge in [0.15, 0.2) is 5.96 Å². The van der Waals surface area contributed by atoms with Crippen LogP contribution in [0.3, 0.4) is 0 Å².